The second-order valence-electron chi connectivity index (χ2n) is 6.44. The largest absolute Gasteiger partial charge is 0.321 e. The highest BCUT2D eigenvalue weighted by Crippen LogP contribution is 2.22. The van der Waals surface area contributed by atoms with Crippen LogP contribution in [0, 0.1) is 0 Å². The Bertz CT molecular complexity index is 1020. The van der Waals surface area contributed by atoms with Crippen LogP contribution in [0.3, 0.4) is 0 Å². The van der Waals surface area contributed by atoms with Gasteiger partial charge in [0.05, 0.1) is 11.2 Å². The number of rotatable bonds is 4. The highest BCUT2D eigenvalue weighted by molar-refractivity contribution is 6.06. The summed E-state index contributed by atoms with van der Waals surface area (Å²) in [6, 6.07) is 17.2. The van der Waals surface area contributed by atoms with Gasteiger partial charge in [0.2, 0.25) is 11.8 Å². The van der Waals surface area contributed by atoms with Crippen molar-refractivity contribution < 1.29 is 9.59 Å². The van der Waals surface area contributed by atoms with Crippen molar-refractivity contribution in [1.29, 1.82) is 0 Å². The second-order valence-corrected chi connectivity index (χ2v) is 6.44. The predicted octanol–water partition coefficient (Wildman–Crippen LogP) is 4.01. The molecule has 2 amide bonds. The van der Waals surface area contributed by atoms with E-state index in [0.29, 0.717) is 12.1 Å². The van der Waals surface area contributed by atoms with Gasteiger partial charge in [-0.1, -0.05) is 30.3 Å². The lowest BCUT2D eigenvalue weighted by atomic mass is 10.1. The van der Waals surface area contributed by atoms with E-state index < -0.39 is 0 Å². The molecule has 2 heterocycles. The van der Waals surface area contributed by atoms with Gasteiger partial charge in [-0.3, -0.25) is 14.6 Å². The number of aromatic nitrogens is 1. The van der Waals surface area contributed by atoms with Crippen molar-refractivity contribution in [2.24, 2.45) is 0 Å². The van der Waals surface area contributed by atoms with Gasteiger partial charge < -0.3 is 10.2 Å². The maximum absolute atomic E-state index is 12.3. The van der Waals surface area contributed by atoms with Crippen LogP contribution in [0.4, 0.5) is 11.4 Å². The molecule has 1 fully saturated rings. The SMILES string of the molecule is O=C(/C=C/c1ccc(N2CCCC2=O)cc1)Nc1cccc2cccnc12. The van der Waals surface area contributed by atoms with Crippen LogP contribution in [-0.2, 0) is 9.59 Å². The second kappa shape index (κ2) is 7.41. The third-order valence-corrected chi connectivity index (χ3v) is 4.60. The Kier molecular flexibility index (Phi) is 4.66. The summed E-state index contributed by atoms with van der Waals surface area (Å²) in [6.45, 7) is 0.773. The standard InChI is InChI=1S/C22H19N3O2/c26-20(24-19-6-1-4-17-5-2-14-23-22(17)19)13-10-16-8-11-18(12-9-16)25-15-3-7-21(25)27/h1-2,4-6,8-14H,3,7,15H2,(H,24,26)/b13-10+. The number of amides is 2. The zero-order valence-electron chi connectivity index (χ0n) is 14.8. The van der Waals surface area contributed by atoms with Crippen LogP contribution in [0.2, 0.25) is 0 Å². The predicted molar refractivity (Wildman–Crippen MR) is 107 cm³/mol. The van der Waals surface area contributed by atoms with Crippen molar-refractivity contribution >= 4 is 40.2 Å². The van der Waals surface area contributed by atoms with Crippen molar-refractivity contribution in [2.45, 2.75) is 12.8 Å². The zero-order valence-corrected chi connectivity index (χ0v) is 14.8. The number of anilines is 2. The maximum atomic E-state index is 12.3. The van der Waals surface area contributed by atoms with E-state index in [1.165, 1.54) is 6.08 Å². The van der Waals surface area contributed by atoms with Crippen LogP contribution in [-0.4, -0.2) is 23.3 Å². The first-order valence-electron chi connectivity index (χ1n) is 8.94. The molecule has 5 nitrogen and oxygen atoms in total. The van der Waals surface area contributed by atoms with Crippen LogP contribution < -0.4 is 10.2 Å². The minimum absolute atomic E-state index is 0.168. The topological polar surface area (TPSA) is 62.3 Å². The van der Waals surface area contributed by atoms with Gasteiger partial charge in [0, 0.05) is 36.3 Å². The Labute approximate surface area is 157 Å². The van der Waals surface area contributed by atoms with Crippen molar-refractivity contribution in [3.8, 4) is 0 Å². The van der Waals surface area contributed by atoms with Gasteiger partial charge in [-0.05, 0) is 42.3 Å². The fourth-order valence-electron chi connectivity index (χ4n) is 3.24. The van der Waals surface area contributed by atoms with Crippen LogP contribution in [0.1, 0.15) is 18.4 Å². The lowest BCUT2D eigenvalue weighted by molar-refractivity contribution is -0.117. The number of benzene rings is 2. The minimum Gasteiger partial charge on any atom is -0.321 e. The molecule has 0 saturated carbocycles. The molecule has 0 aliphatic carbocycles. The first-order chi connectivity index (χ1) is 13.2. The molecule has 1 aliphatic heterocycles. The number of pyridine rings is 1. The lowest BCUT2D eigenvalue weighted by Gasteiger charge is -2.15. The molecule has 2 aromatic carbocycles. The lowest BCUT2D eigenvalue weighted by Crippen LogP contribution is -2.23. The first kappa shape index (κ1) is 17.0. The molecule has 1 aliphatic rings. The molecular weight excluding hydrogens is 338 g/mol. The van der Waals surface area contributed by atoms with Gasteiger partial charge in [0.1, 0.15) is 0 Å². The number of fused-ring (bicyclic) bond motifs is 1. The van der Waals surface area contributed by atoms with Gasteiger partial charge in [-0.15, -0.1) is 0 Å². The van der Waals surface area contributed by atoms with Crippen LogP contribution in [0.15, 0.2) is 66.9 Å². The number of nitrogens with one attached hydrogen (secondary N) is 1. The molecule has 134 valence electrons. The molecule has 0 atom stereocenters. The fraction of sp³-hybridized carbons (Fsp3) is 0.136. The van der Waals surface area contributed by atoms with E-state index in [1.807, 2.05) is 54.6 Å². The number of nitrogens with zero attached hydrogens (tertiary/aromatic N) is 2. The van der Waals surface area contributed by atoms with E-state index in [0.717, 1.165) is 35.1 Å². The molecule has 1 N–H and O–H groups in total. The smallest absolute Gasteiger partial charge is 0.248 e. The third-order valence-electron chi connectivity index (χ3n) is 4.60. The van der Waals surface area contributed by atoms with Crippen molar-refractivity contribution in [2.75, 3.05) is 16.8 Å². The number of para-hydroxylation sites is 1. The van der Waals surface area contributed by atoms with Crippen LogP contribution >= 0.6 is 0 Å². The third kappa shape index (κ3) is 3.72. The summed E-state index contributed by atoms with van der Waals surface area (Å²) < 4.78 is 0. The molecule has 0 unspecified atom stereocenters. The molecule has 1 saturated heterocycles. The average Bonchev–Trinajstić information content (AvgIpc) is 3.13. The van der Waals surface area contributed by atoms with Crippen molar-refractivity contribution in [1.82, 2.24) is 4.98 Å². The minimum atomic E-state index is -0.216. The van der Waals surface area contributed by atoms with Gasteiger partial charge in [-0.25, -0.2) is 0 Å². The van der Waals surface area contributed by atoms with Crippen molar-refractivity contribution in [3.63, 3.8) is 0 Å². The van der Waals surface area contributed by atoms with Crippen LogP contribution in [0.25, 0.3) is 17.0 Å². The van der Waals surface area contributed by atoms with Crippen LogP contribution in [0.5, 0.6) is 0 Å². The molecule has 27 heavy (non-hydrogen) atoms. The first-order valence-corrected chi connectivity index (χ1v) is 8.94. The number of carbonyl (C=O) groups is 2. The zero-order chi connectivity index (χ0) is 18.6. The molecule has 5 heteroatoms. The van der Waals surface area contributed by atoms with Gasteiger partial charge in [-0.2, -0.15) is 0 Å². The molecule has 0 spiro atoms. The Morgan fingerprint density at radius 3 is 2.67 bits per heavy atom. The Morgan fingerprint density at radius 1 is 1.07 bits per heavy atom. The summed E-state index contributed by atoms with van der Waals surface area (Å²) >= 11 is 0. The molecule has 3 aromatic rings. The molecule has 0 radical (unpaired) electrons. The Balaban J connectivity index is 1.44. The maximum Gasteiger partial charge on any atom is 0.248 e. The van der Waals surface area contributed by atoms with E-state index in [4.69, 9.17) is 0 Å². The van der Waals surface area contributed by atoms with Crippen molar-refractivity contribution in [3.05, 3.63) is 72.4 Å². The monoisotopic (exact) mass is 357 g/mol. The fourth-order valence-corrected chi connectivity index (χ4v) is 3.24. The van der Waals surface area contributed by atoms with E-state index >= 15 is 0 Å². The van der Waals surface area contributed by atoms with E-state index in [9.17, 15) is 9.59 Å². The molecule has 4 rings (SSSR count). The average molecular weight is 357 g/mol. The quantitative estimate of drug-likeness (QED) is 0.718. The van der Waals surface area contributed by atoms with Gasteiger partial charge >= 0.3 is 0 Å². The molecule has 1 aromatic heterocycles. The number of hydrogen-bond acceptors (Lipinski definition) is 3. The molecular formula is C22H19N3O2. The summed E-state index contributed by atoms with van der Waals surface area (Å²) in [7, 11) is 0. The summed E-state index contributed by atoms with van der Waals surface area (Å²) in [5.41, 5.74) is 3.25. The van der Waals surface area contributed by atoms with E-state index in [2.05, 4.69) is 10.3 Å². The number of carbonyl (C=O) groups excluding carboxylic acids is 2. The summed E-state index contributed by atoms with van der Waals surface area (Å²) in [5, 5.41) is 3.85. The highest BCUT2D eigenvalue weighted by atomic mass is 16.2. The Hall–Kier alpha value is -3.47. The summed E-state index contributed by atoms with van der Waals surface area (Å²) in [4.78, 5) is 30.2. The normalized spacial score (nSPS) is 14.2. The summed E-state index contributed by atoms with van der Waals surface area (Å²) in [6.07, 6.45) is 6.48. The van der Waals surface area contributed by atoms with Gasteiger partial charge in [0.25, 0.3) is 0 Å². The molecule has 0 bridgehead atoms. The van der Waals surface area contributed by atoms with Gasteiger partial charge in [0.15, 0.2) is 0 Å². The number of hydrogen-bond donors (Lipinski definition) is 1. The van der Waals surface area contributed by atoms with E-state index in [1.54, 1.807) is 17.2 Å². The Morgan fingerprint density at radius 2 is 1.89 bits per heavy atom. The summed E-state index contributed by atoms with van der Waals surface area (Å²) in [5.74, 6) is -0.0479. The van der Waals surface area contributed by atoms with E-state index in [-0.39, 0.29) is 11.8 Å². The highest BCUT2D eigenvalue weighted by Gasteiger charge is 2.21.